The van der Waals surface area contributed by atoms with Crippen LogP contribution in [-0.2, 0) is 0 Å². The van der Waals surface area contributed by atoms with E-state index in [0.29, 0.717) is 21.5 Å². The molecule has 18 heavy (non-hydrogen) atoms. The van der Waals surface area contributed by atoms with Gasteiger partial charge in [-0.2, -0.15) is 11.8 Å². The fourth-order valence-corrected chi connectivity index (χ4v) is 3.36. The SMILES string of the molecule is Nc1ccc(C(=O)NCC2CCCCS2)cc1Cl. The zero-order chi connectivity index (χ0) is 13.0. The number of hydrogen-bond donors (Lipinski definition) is 2. The van der Waals surface area contributed by atoms with Gasteiger partial charge in [0.15, 0.2) is 0 Å². The summed E-state index contributed by atoms with van der Waals surface area (Å²) in [6, 6.07) is 4.97. The molecule has 1 saturated heterocycles. The fourth-order valence-electron chi connectivity index (χ4n) is 1.95. The first kappa shape index (κ1) is 13.6. The first-order chi connectivity index (χ1) is 8.66. The Kier molecular flexibility index (Phi) is 4.78. The van der Waals surface area contributed by atoms with E-state index in [1.807, 2.05) is 11.8 Å². The Balaban J connectivity index is 1.88. The minimum atomic E-state index is -0.0805. The lowest BCUT2D eigenvalue weighted by Gasteiger charge is -2.21. The summed E-state index contributed by atoms with van der Waals surface area (Å²) in [5, 5.41) is 3.93. The van der Waals surface area contributed by atoms with Gasteiger partial charge in [-0.3, -0.25) is 4.79 Å². The highest BCUT2D eigenvalue weighted by molar-refractivity contribution is 7.99. The number of rotatable bonds is 3. The van der Waals surface area contributed by atoms with E-state index in [0.717, 1.165) is 6.54 Å². The van der Waals surface area contributed by atoms with Gasteiger partial charge < -0.3 is 11.1 Å². The predicted molar refractivity (Wildman–Crippen MR) is 78.3 cm³/mol. The molecule has 0 spiro atoms. The number of nitrogens with one attached hydrogen (secondary N) is 1. The van der Waals surface area contributed by atoms with Gasteiger partial charge in [0.2, 0.25) is 0 Å². The Bertz CT molecular complexity index is 433. The molecule has 0 bridgehead atoms. The number of carbonyl (C=O) groups is 1. The highest BCUT2D eigenvalue weighted by Gasteiger charge is 2.15. The molecular weight excluding hydrogens is 268 g/mol. The summed E-state index contributed by atoms with van der Waals surface area (Å²) in [5.41, 5.74) is 6.67. The van der Waals surface area contributed by atoms with Crippen LogP contribution in [0.2, 0.25) is 5.02 Å². The number of thioether (sulfide) groups is 1. The summed E-state index contributed by atoms with van der Waals surface area (Å²) in [7, 11) is 0. The second kappa shape index (κ2) is 6.34. The first-order valence-corrected chi connectivity index (χ1v) is 7.54. The van der Waals surface area contributed by atoms with Crippen LogP contribution in [0.15, 0.2) is 18.2 Å². The lowest BCUT2D eigenvalue weighted by atomic mass is 10.1. The molecule has 3 N–H and O–H groups in total. The summed E-state index contributed by atoms with van der Waals surface area (Å²) in [6.45, 7) is 0.728. The minimum Gasteiger partial charge on any atom is -0.398 e. The maximum atomic E-state index is 11.9. The van der Waals surface area contributed by atoms with E-state index < -0.39 is 0 Å². The van der Waals surface area contributed by atoms with Crippen molar-refractivity contribution in [2.24, 2.45) is 0 Å². The number of nitrogen functional groups attached to an aromatic ring is 1. The number of carbonyl (C=O) groups excluding carboxylic acids is 1. The number of nitrogens with two attached hydrogens (primary N) is 1. The van der Waals surface area contributed by atoms with Crippen LogP contribution < -0.4 is 11.1 Å². The Hall–Kier alpha value is -0.870. The normalized spacial score (nSPS) is 19.5. The molecule has 0 aromatic heterocycles. The van der Waals surface area contributed by atoms with E-state index in [1.165, 1.54) is 25.0 Å². The highest BCUT2D eigenvalue weighted by atomic mass is 35.5. The molecule has 98 valence electrons. The van der Waals surface area contributed by atoms with Crippen LogP contribution in [0.3, 0.4) is 0 Å². The van der Waals surface area contributed by atoms with Gasteiger partial charge in [-0.05, 0) is 36.8 Å². The summed E-state index contributed by atoms with van der Waals surface area (Å²) >= 11 is 7.84. The van der Waals surface area contributed by atoms with E-state index in [9.17, 15) is 4.79 Å². The molecule has 0 radical (unpaired) electrons. The van der Waals surface area contributed by atoms with Crippen molar-refractivity contribution >= 4 is 35.0 Å². The molecule has 0 saturated carbocycles. The van der Waals surface area contributed by atoms with Crippen molar-refractivity contribution in [3.8, 4) is 0 Å². The van der Waals surface area contributed by atoms with E-state index >= 15 is 0 Å². The van der Waals surface area contributed by atoms with E-state index in [-0.39, 0.29) is 5.91 Å². The number of benzene rings is 1. The van der Waals surface area contributed by atoms with E-state index in [1.54, 1.807) is 18.2 Å². The molecule has 1 aliphatic rings. The van der Waals surface area contributed by atoms with Gasteiger partial charge in [0.05, 0.1) is 10.7 Å². The van der Waals surface area contributed by atoms with Gasteiger partial charge in [-0.1, -0.05) is 18.0 Å². The first-order valence-electron chi connectivity index (χ1n) is 6.11. The van der Waals surface area contributed by atoms with Crippen molar-refractivity contribution < 1.29 is 4.79 Å². The zero-order valence-corrected chi connectivity index (χ0v) is 11.7. The topological polar surface area (TPSA) is 55.1 Å². The molecule has 5 heteroatoms. The smallest absolute Gasteiger partial charge is 0.251 e. The lowest BCUT2D eigenvalue weighted by Crippen LogP contribution is -2.31. The van der Waals surface area contributed by atoms with Crippen molar-refractivity contribution in [3.05, 3.63) is 28.8 Å². The molecule has 1 fully saturated rings. The van der Waals surface area contributed by atoms with Gasteiger partial charge in [0.25, 0.3) is 5.91 Å². The average Bonchev–Trinajstić information content (AvgIpc) is 2.40. The Morgan fingerprint density at radius 2 is 2.33 bits per heavy atom. The maximum Gasteiger partial charge on any atom is 0.251 e. The lowest BCUT2D eigenvalue weighted by molar-refractivity contribution is 0.0953. The minimum absolute atomic E-state index is 0.0805. The molecule has 1 heterocycles. The molecule has 1 amide bonds. The standard InChI is InChI=1S/C13H17ClN2OS/c14-11-7-9(4-5-12(11)15)13(17)16-8-10-3-1-2-6-18-10/h4-5,7,10H,1-3,6,8,15H2,(H,16,17). The number of anilines is 1. The molecule has 1 unspecified atom stereocenters. The van der Waals surface area contributed by atoms with Crippen molar-refractivity contribution in [1.29, 1.82) is 0 Å². The number of halogens is 1. The quantitative estimate of drug-likeness (QED) is 0.839. The molecule has 1 aromatic carbocycles. The molecule has 1 aliphatic heterocycles. The van der Waals surface area contributed by atoms with Gasteiger partial charge >= 0.3 is 0 Å². The van der Waals surface area contributed by atoms with E-state index in [2.05, 4.69) is 5.32 Å². The fraction of sp³-hybridized carbons (Fsp3) is 0.462. The van der Waals surface area contributed by atoms with Crippen LogP contribution in [0.4, 0.5) is 5.69 Å². The average molecular weight is 285 g/mol. The monoisotopic (exact) mass is 284 g/mol. The third-order valence-corrected chi connectivity index (χ3v) is 4.75. The maximum absolute atomic E-state index is 11.9. The molecule has 1 aromatic rings. The van der Waals surface area contributed by atoms with Crippen LogP contribution in [0.5, 0.6) is 0 Å². The highest BCUT2D eigenvalue weighted by Crippen LogP contribution is 2.24. The van der Waals surface area contributed by atoms with Crippen LogP contribution in [-0.4, -0.2) is 23.5 Å². The third kappa shape index (κ3) is 3.56. The number of amides is 1. The Morgan fingerprint density at radius 3 is 3.00 bits per heavy atom. The van der Waals surface area contributed by atoms with Gasteiger partial charge in [0, 0.05) is 17.4 Å². The Labute approximate surface area is 116 Å². The van der Waals surface area contributed by atoms with Crippen molar-refractivity contribution in [2.45, 2.75) is 24.5 Å². The van der Waals surface area contributed by atoms with Gasteiger partial charge in [-0.25, -0.2) is 0 Å². The zero-order valence-electron chi connectivity index (χ0n) is 10.1. The Morgan fingerprint density at radius 1 is 1.50 bits per heavy atom. The van der Waals surface area contributed by atoms with Crippen molar-refractivity contribution in [3.63, 3.8) is 0 Å². The molecular formula is C13H17ClN2OS. The summed E-state index contributed by atoms with van der Waals surface area (Å²) in [4.78, 5) is 11.9. The molecule has 1 atom stereocenters. The molecule has 0 aliphatic carbocycles. The van der Waals surface area contributed by atoms with E-state index in [4.69, 9.17) is 17.3 Å². The van der Waals surface area contributed by atoms with Crippen LogP contribution >= 0.6 is 23.4 Å². The third-order valence-electron chi connectivity index (χ3n) is 3.03. The summed E-state index contributed by atoms with van der Waals surface area (Å²) < 4.78 is 0. The second-order valence-corrected chi connectivity index (χ2v) is 6.25. The molecule has 2 rings (SSSR count). The predicted octanol–water partition coefficient (Wildman–Crippen LogP) is 2.94. The second-order valence-electron chi connectivity index (χ2n) is 4.43. The van der Waals surface area contributed by atoms with Gasteiger partial charge in [0.1, 0.15) is 0 Å². The summed E-state index contributed by atoms with van der Waals surface area (Å²) in [6.07, 6.45) is 3.75. The van der Waals surface area contributed by atoms with Crippen LogP contribution in [0.25, 0.3) is 0 Å². The molecule has 3 nitrogen and oxygen atoms in total. The van der Waals surface area contributed by atoms with Gasteiger partial charge in [-0.15, -0.1) is 0 Å². The number of hydrogen-bond acceptors (Lipinski definition) is 3. The largest absolute Gasteiger partial charge is 0.398 e. The van der Waals surface area contributed by atoms with Crippen LogP contribution in [0, 0.1) is 0 Å². The van der Waals surface area contributed by atoms with Crippen molar-refractivity contribution in [1.82, 2.24) is 5.32 Å². The van der Waals surface area contributed by atoms with Crippen LogP contribution in [0.1, 0.15) is 29.6 Å². The summed E-state index contributed by atoms with van der Waals surface area (Å²) in [5.74, 6) is 1.12. The van der Waals surface area contributed by atoms with Crippen molar-refractivity contribution in [2.75, 3.05) is 18.0 Å².